The zero-order valence-corrected chi connectivity index (χ0v) is 60.4. The van der Waals surface area contributed by atoms with Crippen LogP contribution in [-0.4, -0.2) is 193 Å². The predicted octanol–water partition coefficient (Wildman–Crippen LogP) is 12.6. The molecule has 0 bridgehead atoms. The van der Waals surface area contributed by atoms with E-state index in [9.17, 15) is 61.0 Å². The van der Waals surface area contributed by atoms with E-state index in [1.807, 2.05) is 6.08 Å². The maximum absolute atomic E-state index is 13.4. The van der Waals surface area contributed by atoms with E-state index in [2.05, 4.69) is 31.3 Å². The molecule has 3 heterocycles. The topological polar surface area (TPSA) is 307 Å². The molecule has 19 nitrogen and oxygen atoms in total. The van der Waals surface area contributed by atoms with Gasteiger partial charge in [0.25, 0.3) is 0 Å². The van der Waals surface area contributed by atoms with Gasteiger partial charge in [-0.3, -0.25) is 4.79 Å². The molecule has 3 fully saturated rings. The minimum Gasteiger partial charge on any atom is -0.394 e. The van der Waals surface area contributed by atoms with Gasteiger partial charge in [0, 0.05) is 6.42 Å². The van der Waals surface area contributed by atoms with Crippen molar-refractivity contribution in [1.29, 1.82) is 0 Å². The van der Waals surface area contributed by atoms with Crippen molar-refractivity contribution in [3.05, 3.63) is 24.3 Å². The monoisotopic (exact) mass is 1370 g/mol. The molecule has 1 amide bonds. The van der Waals surface area contributed by atoms with Gasteiger partial charge in [-0.1, -0.05) is 314 Å². The predicted molar refractivity (Wildman–Crippen MR) is 379 cm³/mol. The Bertz CT molecular complexity index is 1830. The highest BCUT2D eigenvalue weighted by atomic mass is 16.8. The van der Waals surface area contributed by atoms with E-state index in [0.29, 0.717) is 12.8 Å². The van der Waals surface area contributed by atoms with E-state index in [0.717, 1.165) is 38.5 Å². The molecule has 19 heteroatoms. The fourth-order valence-corrected chi connectivity index (χ4v) is 13.6. The molecule has 0 radical (unpaired) electrons. The normalized spacial score (nSPS) is 27.1. The molecule has 96 heavy (non-hydrogen) atoms. The van der Waals surface area contributed by atoms with Crippen LogP contribution in [0.15, 0.2) is 24.3 Å². The first-order chi connectivity index (χ1) is 46.8. The highest BCUT2D eigenvalue weighted by molar-refractivity contribution is 5.76. The lowest BCUT2D eigenvalue weighted by Gasteiger charge is -2.48. The first-order valence-corrected chi connectivity index (χ1v) is 39.6. The fourth-order valence-electron chi connectivity index (χ4n) is 13.6. The van der Waals surface area contributed by atoms with Crippen LogP contribution >= 0.6 is 0 Å². The Morgan fingerprint density at radius 3 is 1.04 bits per heavy atom. The van der Waals surface area contributed by atoms with Gasteiger partial charge in [-0.25, -0.2) is 0 Å². The number of nitrogens with one attached hydrogen (secondary N) is 1. The molecule has 0 aromatic carbocycles. The highest BCUT2D eigenvalue weighted by Crippen LogP contribution is 2.33. The molecule has 12 N–H and O–H groups in total. The average Bonchev–Trinajstić information content (AvgIpc) is 0.791. The van der Waals surface area contributed by atoms with Gasteiger partial charge in [-0.05, 0) is 32.1 Å². The minimum absolute atomic E-state index is 0.241. The highest BCUT2D eigenvalue weighted by Gasteiger charge is 2.53. The van der Waals surface area contributed by atoms with Gasteiger partial charge < -0.3 is 89.9 Å². The smallest absolute Gasteiger partial charge is 0.220 e. The molecule has 0 aromatic heterocycles. The Labute approximate surface area is 581 Å². The molecule has 3 aliphatic heterocycles. The van der Waals surface area contributed by atoms with Crippen molar-refractivity contribution in [3.8, 4) is 0 Å². The number of ether oxygens (including phenoxy) is 6. The van der Waals surface area contributed by atoms with Crippen molar-refractivity contribution in [1.82, 2.24) is 5.32 Å². The van der Waals surface area contributed by atoms with Crippen LogP contribution in [0.5, 0.6) is 0 Å². The molecule has 17 unspecified atom stereocenters. The van der Waals surface area contributed by atoms with E-state index in [-0.39, 0.29) is 18.9 Å². The number of amides is 1. The fraction of sp³-hybridized carbons (Fsp3) is 0.935. The summed E-state index contributed by atoms with van der Waals surface area (Å²) >= 11 is 0. The van der Waals surface area contributed by atoms with Gasteiger partial charge in [0.1, 0.15) is 73.2 Å². The summed E-state index contributed by atoms with van der Waals surface area (Å²) in [6.45, 7) is 1.73. The van der Waals surface area contributed by atoms with Gasteiger partial charge >= 0.3 is 0 Å². The zero-order chi connectivity index (χ0) is 69.6. The van der Waals surface area contributed by atoms with Crippen molar-refractivity contribution < 1.29 is 89.4 Å². The van der Waals surface area contributed by atoms with Crippen molar-refractivity contribution in [2.24, 2.45) is 0 Å². The first kappa shape index (κ1) is 88.5. The molecule has 17 atom stereocenters. The van der Waals surface area contributed by atoms with E-state index in [4.69, 9.17) is 28.4 Å². The SMILES string of the molecule is CCCCCCCCC/C=C/CC/C=C/C(O)C(COC1OC(CO)C(OC2OC(CO)C(OC3OC(CO)C(O)C(O)C3O)C(O)C2O)C(O)C1O)NC(=O)CCCCCCCCCCCCCCCCCCCCCCCCCCCCCCCCCCCCCCCC. The van der Waals surface area contributed by atoms with E-state index >= 15 is 0 Å². The molecule has 0 aliphatic carbocycles. The molecule has 3 rings (SSSR count). The lowest BCUT2D eigenvalue weighted by Crippen LogP contribution is -2.66. The number of carbonyl (C=O) groups excluding carboxylic acids is 1. The molecule has 0 spiro atoms. The van der Waals surface area contributed by atoms with Crippen molar-refractivity contribution in [2.75, 3.05) is 26.4 Å². The number of aliphatic hydroxyl groups is 11. The first-order valence-electron chi connectivity index (χ1n) is 39.6. The molecule has 0 aromatic rings. The Kier molecular flexibility index (Phi) is 54.1. The summed E-state index contributed by atoms with van der Waals surface area (Å²) in [6.07, 6.45) is 43.6. The average molecular weight is 1370 g/mol. The number of carbonyl (C=O) groups is 1. The minimum atomic E-state index is -1.98. The Morgan fingerprint density at radius 2 is 0.667 bits per heavy atom. The number of hydrogen-bond donors (Lipinski definition) is 12. The van der Waals surface area contributed by atoms with Gasteiger partial charge in [-0.15, -0.1) is 0 Å². The van der Waals surface area contributed by atoms with Crippen LogP contribution in [0.2, 0.25) is 0 Å². The van der Waals surface area contributed by atoms with Gasteiger partial charge in [-0.2, -0.15) is 0 Å². The number of aliphatic hydroxyl groups excluding tert-OH is 11. The molecule has 566 valence electrons. The number of allylic oxidation sites excluding steroid dienone is 3. The van der Waals surface area contributed by atoms with Crippen LogP contribution in [0.4, 0.5) is 0 Å². The maximum Gasteiger partial charge on any atom is 0.220 e. The summed E-state index contributed by atoms with van der Waals surface area (Å²) < 4.78 is 34.3. The Balaban J connectivity index is 1.28. The summed E-state index contributed by atoms with van der Waals surface area (Å²) in [5.74, 6) is -0.280. The van der Waals surface area contributed by atoms with Crippen LogP contribution in [0.3, 0.4) is 0 Å². The van der Waals surface area contributed by atoms with Gasteiger partial charge in [0.15, 0.2) is 18.9 Å². The Morgan fingerprint density at radius 1 is 0.365 bits per heavy atom. The quantitative estimate of drug-likeness (QED) is 0.0199. The second kappa shape index (κ2) is 58.7. The lowest BCUT2D eigenvalue weighted by molar-refractivity contribution is -0.379. The largest absolute Gasteiger partial charge is 0.394 e. The molecule has 3 saturated heterocycles. The third kappa shape index (κ3) is 39.1. The van der Waals surface area contributed by atoms with Crippen LogP contribution < -0.4 is 5.32 Å². The number of unbranched alkanes of at least 4 members (excludes halogenated alkanes) is 45. The van der Waals surface area contributed by atoms with Crippen LogP contribution in [0, 0.1) is 0 Å². The zero-order valence-electron chi connectivity index (χ0n) is 60.4. The van der Waals surface area contributed by atoms with E-state index in [1.54, 1.807) is 6.08 Å². The van der Waals surface area contributed by atoms with E-state index < -0.39 is 124 Å². The summed E-state index contributed by atoms with van der Waals surface area (Å²) in [4.78, 5) is 13.4. The summed E-state index contributed by atoms with van der Waals surface area (Å²) in [5.41, 5.74) is 0. The lowest BCUT2D eigenvalue weighted by atomic mass is 9.96. The molecular weight excluding hydrogens is 1230 g/mol. The summed E-state index contributed by atoms with van der Waals surface area (Å²) in [6, 6.07) is -0.986. The van der Waals surface area contributed by atoms with Crippen LogP contribution in [0.25, 0.3) is 0 Å². The van der Waals surface area contributed by atoms with Crippen molar-refractivity contribution >= 4 is 5.91 Å². The Hall–Kier alpha value is -1.73. The van der Waals surface area contributed by atoms with Crippen LogP contribution in [-0.2, 0) is 33.2 Å². The number of rotatable bonds is 63. The summed E-state index contributed by atoms with van der Waals surface area (Å²) in [7, 11) is 0. The number of hydrogen-bond acceptors (Lipinski definition) is 18. The second-order valence-corrected chi connectivity index (χ2v) is 28.5. The maximum atomic E-state index is 13.4. The van der Waals surface area contributed by atoms with Gasteiger partial charge in [0.2, 0.25) is 5.91 Å². The summed E-state index contributed by atoms with van der Waals surface area (Å²) in [5, 5.41) is 120. The van der Waals surface area contributed by atoms with E-state index in [1.165, 1.54) is 257 Å². The third-order valence-electron chi connectivity index (χ3n) is 20.0. The molecule has 0 saturated carbocycles. The molecule has 3 aliphatic rings. The second-order valence-electron chi connectivity index (χ2n) is 28.5. The van der Waals surface area contributed by atoms with Crippen LogP contribution in [0.1, 0.15) is 328 Å². The molecular formula is C77H145NO18. The van der Waals surface area contributed by atoms with Crippen molar-refractivity contribution in [3.63, 3.8) is 0 Å². The van der Waals surface area contributed by atoms with Crippen molar-refractivity contribution in [2.45, 2.75) is 433 Å². The standard InChI is InChI=1S/C77H145NO18/c1-3-5-7-9-11-13-15-17-18-19-20-21-22-23-24-25-26-27-28-29-30-31-32-33-34-35-36-37-38-39-40-41-43-45-47-49-51-53-55-65(83)78-60(61(82)54-52-50-48-46-44-42-16-14-12-10-8-6-4-2)59-91-75-71(89)68(86)73(63(57-80)93-75)96-77-72(90)69(87)74(64(58-81)94-77)95-76-70(88)67(85)66(84)62(56-79)92-76/h44,46,52,54,60-64,66-77,79-82,84-90H,3-43,45,47-51,53,55-59H2,1-2H3,(H,78,83)/b46-44+,54-52+. The third-order valence-corrected chi connectivity index (χ3v) is 20.0. The van der Waals surface area contributed by atoms with Gasteiger partial charge in [0.05, 0.1) is 38.6 Å².